The third kappa shape index (κ3) is 39.0. The summed E-state index contributed by atoms with van der Waals surface area (Å²) in [6.07, 6.45) is 42.3. The average Bonchev–Trinajstić information content (AvgIpc) is 3.22. The molecule has 0 bridgehead atoms. The third-order valence-electron chi connectivity index (χ3n) is 8.81. The second kappa shape index (κ2) is 41.2. The molecule has 6 N–H and O–H groups in total. The molecule has 0 radical (unpaired) electrons. The van der Waals surface area contributed by atoms with Crippen molar-refractivity contribution in [3.8, 4) is 0 Å². The normalized spacial score (nSPS) is 15.8. The number of rotatable bonds is 39. The van der Waals surface area contributed by atoms with E-state index in [9.17, 15) is 34.4 Å². The van der Waals surface area contributed by atoms with Crippen molar-refractivity contribution in [1.29, 1.82) is 0 Å². The standard InChI is InChI=1S/C47H78NO11P/c1-3-5-7-8-9-10-11-12-13-14-15-16-17-18-19-20-21-26-30-36-47(53)59-43(41-58-60(54,55)57-39-38-48)40-56-46(52)37-31-35-45(51)44(50)34-29-25-23-22-24-28-33-42(49)32-27-6-4-2/h9-10,12-13,15-16,18-19,22-25,28-29,33-34,42-45,49-51H,3-8,11,14,17,20-21,26-27,30-32,35-41,48H2,1-2H3,(H,54,55)/b10-9-,13-12-,16-15-,19-18-,24-22-,25-23+,33-28+,34-29+/t42-,43-,44-,45-/m1/s1. The number of aliphatic hydroxyl groups is 3. The predicted molar refractivity (Wildman–Crippen MR) is 242 cm³/mol. The largest absolute Gasteiger partial charge is 0.472 e. The zero-order valence-electron chi connectivity index (χ0n) is 36.5. The van der Waals surface area contributed by atoms with E-state index in [1.165, 1.54) is 25.3 Å². The molecule has 0 heterocycles. The lowest BCUT2D eigenvalue weighted by molar-refractivity contribution is -0.161. The second-order valence-corrected chi connectivity index (χ2v) is 15.9. The average molecular weight is 864 g/mol. The number of unbranched alkanes of at least 4 members (excludes halogenated alkanes) is 8. The van der Waals surface area contributed by atoms with Gasteiger partial charge >= 0.3 is 19.8 Å². The van der Waals surface area contributed by atoms with Gasteiger partial charge in [-0.25, -0.2) is 4.57 Å². The van der Waals surface area contributed by atoms with E-state index in [0.29, 0.717) is 6.42 Å². The fourth-order valence-corrected chi connectivity index (χ4v) is 6.12. The summed E-state index contributed by atoms with van der Waals surface area (Å²) in [5.41, 5.74) is 5.33. The number of phosphoric ester groups is 1. The molecule has 12 nitrogen and oxygen atoms in total. The molecule has 60 heavy (non-hydrogen) atoms. The minimum atomic E-state index is -4.48. The quantitative estimate of drug-likeness (QED) is 0.0129. The van der Waals surface area contributed by atoms with Crippen LogP contribution in [0.25, 0.3) is 0 Å². The first-order valence-corrected chi connectivity index (χ1v) is 23.5. The summed E-state index contributed by atoms with van der Waals surface area (Å²) in [6, 6.07) is 0. The van der Waals surface area contributed by atoms with Crippen molar-refractivity contribution >= 4 is 19.8 Å². The molecule has 0 spiro atoms. The fourth-order valence-electron chi connectivity index (χ4n) is 5.35. The van der Waals surface area contributed by atoms with E-state index in [1.807, 2.05) is 0 Å². The SMILES string of the molecule is CCCCC/C=C\C/C=C\C/C=C\C/C=C\CCCCCC(=O)O[C@H](COC(=O)CCC[C@@H](O)[C@H](O)/C=C/C=C/C=C\C=C\[C@H](O)CCCCC)COP(=O)(O)OCCN. The molecule has 0 saturated carbocycles. The Morgan fingerprint density at radius 1 is 0.617 bits per heavy atom. The number of nitrogens with two attached hydrogens (primary N) is 1. The van der Waals surface area contributed by atoms with Gasteiger partial charge in [-0.05, 0) is 70.6 Å². The molecule has 0 aromatic rings. The van der Waals surface area contributed by atoms with E-state index < -0.39 is 57.4 Å². The van der Waals surface area contributed by atoms with Crippen LogP contribution in [0.5, 0.6) is 0 Å². The topological polar surface area (TPSA) is 195 Å². The molecule has 13 heteroatoms. The number of esters is 2. The summed E-state index contributed by atoms with van der Waals surface area (Å²) >= 11 is 0. The van der Waals surface area contributed by atoms with Gasteiger partial charge in [-0.1, -0.05) is 150 Å². The van der Waals surface area contributed by atoms with E-state index in [1.54, 1.807) is 42.5 Å². The first-order chi connectivity index (χ1) is 29.0. The van der Waals surface area contributed by atoms with Gasteiger partial charge in [0.1, 0.15) is 6.61 Å². The highest BCUT2D eigenvalue weighted by Gasteiger charge is 2.26. The number of ether oxygens (including phenoxy) is 2. The molecular weight excluding hydrogens is 785 g/mol. The van der Waals surface area contributed by atoms with Crippen LogP contribution in [0, 0.1) is 0 Å². The first-order valence-electron chi connectivity index (χ1n) is 22.0. The lowest BCUT2D eigenvalue weighted by Crippen LogP contribution is -2.30. The van der Waals surface area contributed by atoms with Crippen molar-refractivity contribution in [3.05, 3.63) is 97.2 Å². The molecule has 5 atom stereocenters. The van der Waals surface area contributed by atoms with E-state index in [4.69, 9.17) is 24.3 Å². The summed E-state index contributed by atoms with van der Waals surface area (Å²) in [5.74, 6) is -1.21. The maximum absolute atomic E-state index is 12.6. The van der Waals surface area contributed by atoms with Crippen LogP contribution in [0.2, 0.25) is 0 Å². The molecular formula is C47H78NO11P. The third-order valence-corrected chi connectivity index (χ3v) is 9.79. The number of hydrogen-bond acceptors (Lipinski definition) is 11. The molecule has 0 aliphatic heterocycles. The van der Waals surface area contributed by atoms with Gasteiger partial charge < -0.3 is 35.4 Å². The molecule has 0 aliphatic carbocycles. The number of allylic oxidation sites excluding steroid dienone is 14. The first kappa shape index (κ1) is 56.8. The van der Waals surface area contributed by atoms with Crippen molar-refractivity contribution in [1.82, 2.24) is 0 Å². The minimum absolute atomic E-state index is 0.00650. The van der Waals surface area contributed by atoms with Crippen molar-refractivity contribution in [2.75, 3.05) is 26.4 Å². The van der Waals surface area contributed by atoms with Crippen LogP contribution in [-0.2, 0) is 32.7 Å². The Balaban J connectivity index is 4.55. The fraction of sp³-hybridized carbons (Fsp3) is 0.617. The lowest BCUT2D eigenvalue weighted by atomic mass is 10.1. The number of hydrogen-bond donors (Lipinski definition) is 5. The number of carbonyl (C=O) groups excluding carboxylic acids is 2. The smallest absolute Gasteiger partial charge is 0.462 e. The summed E-state index contributed by atoms with van der Waals surface area (Å²) in [6.45, 7) is 3.14. The van der Waals surface area contributed by atoms with Crippen LogP contribution in [-0.4, -0.2) is 82.9 Å². The Kier molecular flexibility index (Phi) is 39.0. The van der Waals surface area contributed by atoms with Gasteiger partial charge in [0.15, 0.2) is 6.10 Å². The van der Waals surface area contributed by atoms with Crippen LogP contribution in [0.3, 0.4) is 0 Å². The molecule has 0 amide bonds. The number of phosphoric acid groups is 1. The summed E-state index contributed by atoms with van der Waals surface area (Å²) in [5, 5.41) is 30.4. The maximum atomic E-state index is 12.6. The van der Waals surface area contributed by atoms with Crippen LogP contribution in [0.15, 0.2) is 97.2 Å². The predicted octanol–water partition coefficient (Wildman–Crippen LogP) is 9.52. The monoisotopic (exact) mass is 864 g/mol. The molecule has 0 aromatic carbocycles. The zero-order chi connectivity index (χ0) is 44.4. The molecule has 0 fully saturated rings. The second-order valence-electron chi connectivity index (χ2n) is 14.4. The highest BCUT2D eigenvalue weighted by Crippen LogP contribution is 2.43. The lowest BCUT2D eigenvalue weighted by Gasteiger charge is -2.20. The summed E-state index contributed by atoms with van der Waals surface area (Å²) in [4.78, 5) is 34.9. The van der Waals surface area contributed by atoms with Crippen molar-refractivity contribution in [3.63, 3.8) is 0 Å². The number of carbonyl (C=O) groups is 2. The number of aliphatic hydroxyl groups excluding tert-OH is 3. The highest BCUT2D eigenvalue weighted by atomic mass is 31.2. The summed E-state index contributed by atoms with van der Waals surface area (Å²) in [7, 11) is -4.48. The van der Waals surface area contributed by atoms with Gasteiger partial charge in [0.25, 0.3) is 0 Å². The van der Waals surface area contributed by atoms with E-state index in [0.717, 1.165) is 70.6 Å². The van der Waals surface area contributed by atoms with E-state index >= 15 is 0 Å². The van der Waals surface area contributed by atoms with Gasteiger partial charge in [-0.3, -0.25) is 18.6 Å². The Hall–Kier alpha value is -3.19. The van der Waals surface area contributed by atoms with Crippen LogP contribution in [0.4, 0.5) is 0 Å². The van der Waals surface area contributed by atoms with E-state index in [-0.39, 0.29) is 38.8 Å². The molecule has 1 unspecified atom stereocenters. The Morgan fingerprint density at radius 2 is 1.17 bits per heavy atom. The molecule has 0 rings (SSSR count). The Bertz CT molecular complexity index is 1350. The van der Waals surface area contributed by atoms with Gasteiger partial charge in [-0.2, -0.15) is 0 Å². The van der Waals surface area contributed by atoms with Crippen LogP contribution >= 0.6 is 7.82 Å². The van der Waals surface area contributed by atoms with Crippen LogP contribution in [0.1, 0.15) is 136 Å². The Labute approximate surface area is 361 Å². The van der Waals surface area contributed by atoms with Crippen LogP contribution < -0.4 is 5.73 Å². The zero-order valence-corrected chi connectivity index (χ0v) is 37.4. The highest BCUT2D eigenvalue weighted by molar-refractivity contribution is 7.47. The van der Waals surface area contributed by atoms with E-state index in [2.05, 4.69) is 62.5 Å². The molecule has 342 valence electrons. The van der Waals surface area contributed by atoms with Gasteiger partial charge in [-0.15, -0.1) is 0 Å². The van der Waals surface area contributed by atoms with Crippen molar-refractivity contribution < 1.29 is 52.9 Å². The molecule has 0 saturated heterocycles. The Morgan fingerprint density at radius 3 is 1.78 bits per heavy atom. The van der Waals surface area contributed by atoms with Crippen molar-refractivity contribution in [2.24, 2.45) is 5.73 Å². The minimum Gasteiger partial charge on any atom is -0.462 e. The summed E-state index contributed by atoms with van der Waals surface area (Å²) < 4.78 is 32.5. The molecule has 0 aromatic heterocycles. The van der Waals surface area contributed by atoms with Gasteiger partial charge in [0.05, 0.1) is 31.5 Å². The van der Waals surface area contributed by atoms with Gasteiger partial charge in [0, 0.05) is 19.4 Å². The molecule has 0 aliphatic rings. The maximum Gasteiger partial charge on any atom is 0.472 e. The van der Waals surface area contributed by atoms with Crippen molar-refractivity contribution in [2.45, 2.75) is 160 Å². The van der Waals surface area contributed by atoms with Gasteiger partial charge in [0.2, 0.25) is 0 Å².